The van der Waals surface area contributed by atoms with Crippen molar-refractivity contribution in [2.45, 2.75) is 84.0 Å². The van der Waals surface area contributed by atoms with Crippen molar-refractivity contribution in [3.63, 3.8) is 0 Å². The molecule has 2 heterocycles. The van der Waals surface area contributed by atoms with Gasteiger partial charge in [-0.25, -0.2) is 0 Å². The van der Waals surface area contributed by atoms with Crippen molar-refractivity contribution in [1.29, 1.82) is 0 Å². The summed E-state index contributed by atoms with van der Waals surface area (Å²) in [5.41, 5.74) is 0. The van der Waals surface area contributed by atoms with E-state index in [1.165, 1.54) is 13.8 Å². The Morgan fingerprint density at radius 3 is 1.29 bits per heavy atom. The van der Waals surface area contributed by atoms with Crippen LogP contribution in [0.3, 0.4) is 0 Å². The Balaban J connectivity index is -0.000000439. The highest BCUT2D eigenvalue weighted by Gasteiger charge is 2.30. The molecule has 6 unspecified atom stereocenters. The zero-order valence-electron chi connectivity index (χ0n) is 22.7. The molecule has 2 aliphatic heterocycles. The number of hydrogen-bond acceptors (Lipinski definition) is 10. The molecule has 0 saturated carbocycles. The van der Waals surface area contributed by atoms with Crippen LogP contribution in [0.5, 0.6) is 0 Å². The highest BCUT2D eigenvalue weighted by Crippen LogP contribution is 2.14. The molecule has 0 aromatic heterocycles. The largest absolute Gasteiger partial charge is 0.394 e. The summed E-state index contributed by atoms with van der Waals surface area (Å²) >= 11 is 0. The van der Waals surface area contributed by atoms with Gasteiger partial charge in [0.15, 0.2) is 0 Å². The van der Waals surface area contributed by atoms with Crippen molar-refractivity contribution in [3.8, 4) is 0 Å². The Kier molecular flexibility index (Phi) is 28.0. The summed E-state index contributed by atoms with van der Waals surface area (Å²) in [5.74, 6) is -0.370. The molecule has 0 bridgehead atoms. The monoisotopic (exact) mass is 514 g/mol. The molecule has 6 atom stereocenters. The Bertz CT molecular complexity index is 457. The predicted molar refractivity (Wildman–Crippen MR) is 132 cm³/mol. The lowest BCUT2D eigenvalue weighted by molar-refractivity contribution is -0.126. The van der Waals surface area contributed by atoms with E-state index < -0.39 is 12.2 Å². The molecule has 2 rings (SSSR count). The van der Waals surface area contributed by atoms with E-state index in [2.05, 4.69) is 20.1 Å². The molecule has 2 aliphatic rings. The Morgan fingerprint density at radius 2 is 1.11 bits per heavy atom. The fourth-order valence-electron chi connectivity index (χ4n) is 2.76. The molecule has 2 fully saturated rings. The third-order valence-corrected chi connectivity index (χ3v) is 4.43. The van der Waals surface area contributed by atoms with Gasteiger partial charge in [0.2, 0.25) is 11.8 Å². The summed E-state index contributed by atoms with van der Waals surface area (Å²) in [4.78, 5) is 21.4. The van der Waals surface area contributed by atoms with Crippen molar-refractivity contribution in [3.05, 3.63) is 0 Å². The summed E-state index contributed by atoms with van der Waals surface area (Å²) in [6.07, 6.45) is -1.15. The van der Waals surface area contributed by atoms with E-state index in [0.29, 0.717) is 12.8 Å². The Hall–Kier alpha value is -1.38. The van der Waals surface area contributed by atoms with Crippen LogP contribution in [0.1, 0.15) is 47.5 Å². The normalized spacial score (nSPS) is 27.0. The van der Waals surface area contributed by atoms with Gasteiger partial charge in [0.1, 0.15) is 0 Å². The van der Waals surface area contributed by atoms with E-state index >= 15 is 0 Å². The zero-order valence-corrected chi connectivity index (χ0v) is 22.7. The van der Waals surface area contributed by atoms with Crippen molar-refractivity contribution in [1.82, 2.24) is 10.6 Å². The number of carbonyl (C=O) groups is 2. The van der Waals surface area contributed by atoms with Gasteiger partial charge in [-0.15, -0.1) is 0 Å². The average molecular weight is 515 g/mol. The van der Waals surface area contributed by atoms with Crippen LogP contribution in [-0.2, 0) is 28.5 Å². The van der Waals surface area contributed by atoms with Gasteiger partial charge in [-0.2, -0.15) is 0 Å². The van der Waals surface area contributed by atoms with Crippen LogP contribution >= 0.6 is 0 Å². The van der Waals surface area contributed by atoms with Crippen LogP contribution in [0.2, 0.25) is 0 Å². The fourth-order valence-corrected chi connectivity index (χ4v) is 2.76. The number of aliphatic hydroxyl groups excluding tert-OH is 4. The van der Waals surface area contributed by atoms with Crippen LogP contribution < -0.4 is 10.6 Å². The van der Waals surface area contributed by atoms with Crippen LogP contribution in [0, 0.1) is 0 Å². The van der Waals surface area contributed by atoms with Crippen LogP contribution in [0.25, 0.3) is 0 Å². The number of aliphatic hydroxyl groups is 4. The number of rotatable bonds is 5. The minimum atomic E-state index is -0.630. The Morgan fingerprint density at radius 1 is 0.829 bits per heavy atom. The highest BCUT2D eigenvalue weighted by molar-refractivity contribution is 5.73. The minimum Gasteiger partial charge on any atom is -0.394 e. The van der Waals surface area contributed by atoms with Gasteiger partial charge in [-0.1, -0.05) is 13.8 Å². The molecule has 6 N–H and O–H groups in total. The van der Waals surface area contributed by atoms with E-state index in [9.17, 15) is 19.8 Å². The second-order valence-corrected chi connectivity index (χ2v) is 7.48. The summed E-state index contributed by atoms with van der Waals surface area (Å²) in [6.45, 7) is 9.89. The highest BCUT2D eigenvalue weighted by atomic mass is 16.5. The van der Waals surface area contributed by atoms with E-state index in [1.807, 2.05) is 20.8 Å². The average Bonchev–Trinajstić information content (AvgIpc) is 2.83. The third kappa shape index (κ3) is 21.6. The van der Waals surface area contributed by atoms with E-state index in [-0.39, 0.29) is 62.5 Å². The van der Waals surface area contributed by atoms with E-state index in [0.717, 1.165) is 6.61 Å². The second-order valence-electron chi connectivity index (χ2n) is 7.48. The molecule has 0 spiro atoms. The SMILES string of the molecule is CC.CC(=O)NC1COC(CO)CC1O.CC(=O)NC1COC(CO)CC1O.CCOC.COC. The number of ether oxygens (including phenoxy) is 4. The molecule has 0 aromatic carbocycles. The Labute approximate surface area is 210 Å². The lowest BCUT2D eigenvalue weighted by Gasteiger charge is -2.32. The number of hydrogen-bond donors (Lipinski definition) is 6. The summed E-state index contributed by atoms with van der Waals surface area (Å²) < 4.78 is 19.2. The number of amides is 2. The maximum Gasteiger partial charge on any atom is 0.217 e. The van der Waals surface area contributed by atoms with Crippen molar-refractivity contribution in [2.75, 3.05) is 54.4 Å². The van der Waals surface area contributed by atoms with Gasteiger partial charge >= 0.3 is 0 Å². The molecule has 0 radical (unpaired) electrons. The first-order valence-electron chi connectivity index (χ1n) is 11.8. The number of carbonyl (C=O) groups excluding carboxylic acids is 2. The van der Waals surface area contributed by atoms with Gasteiger partial charge in [0.25, 0.3) is 0 Å². The van der Waals surface area contributed by atoms with Crippen molar-refractivity contribution < 1.29 is 49.0 Å². The van der Waals surface area contributed by atoms with Crippen molar-refractivity contribution >= 4 is 11.8 Å². The van der Waals surface area contributed by atoms with Gasteiger partial charge in [-0.3, -0.25) is 9.59 Å². The lowest BCUT2D eigenvalue weighted by atomic mass is 10.0. The van der Waals surface area contributed by atoms with Crippen LogP contribution in [0.4, 0.5) is 0 Å². The molecule has 212 valence electrons. The molecule has 35 heavy (non-hydrogen) atoms. The number of nitrogens with one attached hydrogen (secondary N) is 2. The first-order chi connectivity index (χ1) is 16.6. The minimum absolute atomic E-state index is 0.0934. The maximum atomic E-state index is 10.7. The lowest BCUT2D eigenvalue weighted by Crippen LogP contribution is -2.51. The van der Waals surface area contributed by atoms with Gasteiger partial charge in [-0.05, 0) is 6.92 Å². The molecule has 0 aliphatic carbocycles. The molecule has 2 saturated heterocycles. The summed E-state index contributed by atoms with van der Waals surface area (Å²) in [6, 6.07) is -0.694. The topological polar surface area (TPSA) is 176 Å². The van der Waals surface area contributed by atoms with E-state index in [1.54, 1.807) is 21.3 Å². The van der Waals surface area contributed by atoms with Gasteiger partial charge < -0.3 is 50.0 Å². The molecule has 0 aromatic rings. The van der Waals surface area contributed by atoms with E-state index in [4.69, 9.17) is 19.7 Å². The fraction of sp³-hybridized carbons (Fsp3) is 0.913. The quantitative estimate of drug-likeness (QED) is 0.272. The van der Waals surface area contributed by atoms with Gasteiger partial charge in [0, 0.05) is 54.6 Å². The third-order valence-electron chi connectivity index (χ3n) is 4.43. The first kappa shape index (κ1) is 38.2. The summed E-state index contributed by atoms with van der Waals surface area (Å²) in [5, 5.41) is 41.7. The molecular formula is C23H50N2O10. The molecule has 2 amide bonds. The first-order valence-corrected chi connectivity index (χ1v) is 11.8. The predicted octanol–water partition coefficient (Wildman–Crippen LogP) is -0.792. The molecule has 12 heteroatoms. The standard InChI is InChI=1S/2C8H15NO4.C3H8O.C2H6O.C2H6/c2*1-5(11)9-7-4-13-6(3-10)2-8(7)12;1-3-4-2;1-3-2;1-2/h2*6-8,10,12H,2-4H2,1H3,(H,9,11);3H2,1-2H3;1-2H3;1-2H3. The number of methoxy groups -OCH3 is 2. The summed E-state index contributed by atoms with van der Waals surface area (Å²) in [7, 11) is 4.93. The van der Waals surface area contributed by atoms with Gasteiger partial charge in [0.05, 0.1) is 62.9 Å². The second kappa shape index (κ2) is 25.7. The molecule has 12 nitrogen and oxygen atoms in total. The smallest absolute Gasteiger partial charge is 0.217 e. The van der Waals surface area contributed by atoms with Crippen LogP contribution in [0.15, 0.2) is 0 Å². The molecular weight excluding hydrogens is 464 g/mol. The maximum absolute atomic E-state index is 10.7. The van der Waals surface area contributed by atoms with Crippen molar-refractivity contribution in [2.24, 2.45) is 0 Å². The zero-order chi connectivity index (χ0) is 27.8. The van der Waals surface area contributed by atoms with Crippen LogP contribution in [-0.4, -0.2) is 123 Å².